The van der Waals surface area contributed by atoms with Crippen LogP contribution < -0.4 is 0 Å². The smallest absolute Gasteiger partial charge is 0.312 e. The average molecular weight is 182 g/mol. The van der Waals surface area contributed by atoms with Gasteiger partial charge in [-0.15, -0.1) is 0 Å². The van der Waals surface area contributed by atoms with Crippen LogP contribution in [-0.4, -0.2) is 13.1 Å². The maximum absolute atomic E-state index is 11.4. The Kier molecular flexibility index (Phi) is 4.00. The Morgan fingerprint density at radius 1 is 1.46 bits per heavy atom. The minimum absolute atomic E-state index is 0.0394. The van der Waals surface area contributed by atoms with Crippen molar-refractivity contribution in [1.82, 2.24) is 0 Å². The number of carbonyl (C=O) groups is 1. The Morgan fingerprint density at radius 2 is 2.23 bits per heavy atom. The summed E-state index contributed by atoms with van der Waals surface area (Å²) in [7, 11) is 1.47. The molecule has 1 rings (SSSR count). The van der Waals surface area contributed by atoms with Crippen molar-refractivity contribution in [2.45, 2.75) is 39.0 Å². The average Bonchev–Trinajstić information content (AvgIpc) is 2.41. The Bertz CT molecular complexity index is 206. The molecular formula is C11H18O2. The van der Waals surface area contributed by atoms with Gasteiger partial charge in [0, 0.05) is 0 Å². The molecule has 1 aliphatic carbocycles. The molecule has 1 fully saturated rings. The van der Waals surface area contributed by atoms with Crippen molar-refractivity contribution >= 4 is 5.97 Å². The van der Waals surface area contributed by atoms with Crippen LogP contribution in [0.3, 0.4) is 0 Å². The lowest BCUT2D eigenvalue weighted by Gasteiger charge is -2.14. The number of hydrogen-bond donors (Lipinski definition) is 0. The van der Waals surface area contributed by atoms with E-state index in [-0.39, 0.29) is 11.9 Å². The summed E-state index contributed by atoms with van der Waals surface area (Å²) in [6.45, 7) is 2.01. The second-order valence-electron chi connectivity index (χ2n) is 3.54. The molecule has 0 radical (unpaired) electrons. The molecule has 0 amide bonds. The number of methoxy groups -OCH3 is 1. The molecule has 1 unspecified atom stereocenters. The van der Waals surface area contributed by atoms with E-state index in [0.717, 1.165) is 19.3 Å². The summed E-state index contributed by atoms with van der Waals surface area (Å²) in [6, 6.07) is 0. The van der Waals surface area contributed by atoms with Gasteiger partial charge in [0.25, 0.3) is 0 Å². The van der Waals surface area contributed by atoms with Crippen LogP contribution in [0, 0.1) is 5.92 Å². The maximum Gasteiger partial charge on any atom is 0.312 e. The zero-order chi connectivity index (χ0) is 9.68. The van der Waals surface area contributed by atoms with Crippen molar-refractivity contribution in [1.29, 1.82) is 0 Å². The molecule has 2 heteroatoms. The molecule has 74 valence electrons. The Balaban J connectivity index is 2.71. The normalized spacial score (nSPS) is 26.9. The lowest BCUT2D eigenvalue weighted by molar-refractivity contribution is -0.144. The molecule has 0 N–H and O–H groups in total. The van der Waals surface area contributed by atoms with Crippen molar-refractivity contribution in [3.8, 4) is 0 Å². The zero-order valence-corrected chi connectivity index (χ0v) is 8.51. The van der Waals surface area contributed by atoms with Crippen molar-refractivity contribution < 1.29 is 9.53 Å². The van der Waals surface area contributed by atoms with Gasteiger partial charge in [0.05, 0.1) is 13.0 Å². The summed E-state index contributed by atoms with van der Waals surface area (Å²) in [6.07, 6.45) is 7.71. The first-order valence-electron chi connectivity index (χ1n) is 5.02. The van der Waals surface area contributed by atoms with E-state index in [1.165, 1.54) is 25.5 Å². The fourth-order valence-electron chi connectivity index (χ4n) is 1.97. The van der Waals surface area contributed by atoms with Gasteiger partial charge in [-0.3, -0.25) is 4.79 Å². The van der Waals surface area contributed by atoms with Crippen molar-refractivity contribution in [3.05, 3.63) is 11.6 Å². The summed E-state index contributed by atoms with van der Waals surface area (Å²) in [5, 5.41) is 0. The number of rotatable bonds is 1. The SMILES string of the molecule is C/C=C1\CCCCCC1C(=O)OC. The van der Waals surface area contributed by atoms with E-state index < -0.39 is 0 Å². The van der Waals surface area contributed by atoms with E-state index in [0.29, 0.717) is 0 Å². The number of esters is 1. The van der Waals surface area contributed by atoms with Gasteiger partial charge < -0.3 is 4.74 Å². The molecule has 0 saturated heterocycles. The van der Waals surface area contributed by atoms with E-state index in [1.54, 1.807) is 0 Å². The highest BCUT2D eigenvalue weighted by Crippen LogP contribution is 2.28. The first-order chi connectivity index (χ1) is 6.29. The molecule has 1 aliphatic rings. The molecule has 1 saturated carbocycles. The maximum atomic E-state index is 11.4. The van der Waals surface area contributed by atoms with E-state index in [2.05, 4.69) is 6.08 Å². The molecule has 1 atom stereocenters. The quantitative estimate of drug-likeness (QED) is 0.354. The highest BCUT2D eigenvalue weighted by atomic mass is 16.5. The van der Waals surface area contributed by atoms with Crippen molar-refractivity contribution in [2.75, 3.05) is 7.11 Å². The summed E-state index contributed by atoms with van der Waals surface area (Å²) in [4.78, 5) is 11.4. The molecule has 13 heavy (non-hydrogen) atoms. The van der Waals surface area contributed by atoms with Gasteiger partial charge in [-0.2, -0.15) is 0 Å². The van der Waals surface area contributed by atoms with Gasteiger partial charge >= 0.3 is 5.97 Å². The molecule has 0 heterocycles. The molecular weight excluding hydrogens is 164 g/mol. The standard InChI is InChI=1S/C11H18O2/c1-3-9-7-5-4-6-8-10(9)11(12)13-2/h3,10H,4-8H2,1-2H3/b9-3+. The molecule has 0 spiro atoms. The minimum Gasteiger partial charge on any atom is -0.469 e. The van der Waals surface area contributed by atoms with Gasteiger partial charge in [0.2, 0.25) is 0 Å². The second kappa shape index (κ2) is 5.05. The van der Waals surface area contributed by atoms with Gasteiger partial charge in [-0.25, -0.2) is 0 Å². The predicted molar refractivity (Wildman–Crippen MR) is 52.3 cm³/mol. The topological polar surface area (TPSA) is 26.3 Å². The number of ether oxygens (including phenoxy) is 1. The number of hydrogen-bond acceptors (Lipinski definition) is 2. The fourth-order valence-corrected chi connectivity index (χ4v) is 1.97. The lowest BCUT2D eigenvalue weighted by atomic mass is 9.94. The third kappa shape index (κ3) is 2.58. The first kappa shape index (κ1) is 10.3. The number of allylic oxidation sites excluding steroid dienone is 1. The van der Waals surface area contributed by atoms with Crippen LogP contribution in [-0.2, 0) is 9.53 Å². The highest BCUT2D eigenvalue weighted by Gasteiger charge is 2.24. The van der Waals surface area contributed by atoms with Gasteiger partial charge in [0.15, 0.2) is 0 Å². The largest absolute Gasteiger partial charge is 0.469 e. The van der Waals surface area contributed by atoms with Gasteiger partial charge in [-0.05, 0) is 26.2 Å². The Labute approximate surface area is 80.0 Å². The van der Waals surface area contributed by atoms with Crippen LogP contribution in [0.15, 0.2) is 11.6 Å². The monoisotopic (exact) mass is 182 g/mol. The molecule has 2 nitrogen and oxygen atoms in total. The summed E-state index contributed by atoms with van der Waals surface area (Å²) >= 11 is 0. The van der Waals surface area contributed by atoms with Crippen LogP contribution >= 0.6 is 0 Å². The van der Waals surface area contributed by atoms with E-state index >= 15 is 0 Å². The van der Waals surface area contributed by atoms with E-state index in [4.69, 9.17) is 4.74 Å². The van der Waals surface area contributed by atoms with E-state index in [1.807, 2.05) is 6.92 Å². The predicted octanol–water partition coefficient (Wildman–Crippen LogP) is 2.69. The number of carbonyl (C=O) groups excluding carboxylic acids is 1. The van der Waals surface area contributed by atoms with Gasteiger partial charge in [0.1, 0.15) is 0 Å². The molecule has 0 aromatic heterocycles. The summed E-state index contributed by atoms with van der Waals surface area (Å²) in [5.74, 6) is -0.0208. The molecule has 0 bridgehead atoms. The lowest BCUT2D eigenvalue weighted by Crippen LogP contribution is -2.17. The molecule has 0 aliphatic heterocycles. The molecule has 0 aromatic rings. The van der Waals surface area contributed by atoms with Crippen LogP contribution in [0.25, 0.3) is 0 Å². The minimum atomic E-state index is -0.0602. The van der Waals surface area contributed by atoms with Crippen LogP contribution in [0.2, 0.25) is 0 Å². The van der Waals surface area contributed by atoms with E-state index in [9.17, 15) is 4.79 Å². The summed E-state index contributed by atoms with van der Waals surface area (Å²) in [5.41, 5.74) is 1.27. The van der Waals surface area contributed by atoms with Crippen molar-refractivity contribution in [2.24, 2.45) is 5.92 Å². The first-order valence-corrected chi connectivity index (χ1v) is 5.02. The third-order valence-electron chi connectivity index (χ3n) is 2.76. The van der Waals surface area contributed by atoms with Gasteiger partial charge in [-0.1, -0.05) is 24.5 Å². The third-order valence-corrected chi connectivity index (χ3v) is 2.76. The second-order valence-corrected chi connectivity index (χ2v) is 3.54. The van der Waals surface area contributed by atoms with Crippen LogP contribution in [0.1, 0.15) is 39.0 Å². The Morgan fingerprint density at radius 3 is 2.85 bits per heavy atom. The van der Waals surface area contributed by atoms with Crippen molar-refractivity contribution in [3.63, 3.8) is 0 Å². The van der Waals surface area contributed by atoms with Crippen LogP contribution in [0.4, 0.5) is 0 Å². The van der Waals surface area contributed by atoms with Crippen LogP contribution in [0.5, 0.6) is 0 Å². The highest BCUT2D eigenvalue weighted by molar-refractivity contribution is 5.75. The summed E-state index contributed by atoms with van der Waals surface area (Å²) < 4.78 is 4.80. The Hall–Kier alpha value is -0.790. The molecule has 0 aromatic carbocycles. The zero-order valence-electron chi connectivity index (χ0n) is 8.51. The fraction of sp³-hybridized carbons (Fsp3) is 0.727.